The van der Waals surface area contributed by atoms with E-state index in [4.69, 9.17) is 0 Å². The molecule has 0 saturated heterocycles. The lowest BCUT2D eigenvalue weighted by Crippen LogP contribution is -2.33. The van der Waals surface area contributed by atoms with Gasteiger partial charge in [-0.15, -0.1) is 0 Å². The van der Waals surface area contributed by atoms with E-state index in [0.29, 0.717) is 12.1 Å². The first-order chi connectivity index (χ1) is 9.78. The second kappa shape index (κ2) is 6.13. The molecule has 0 aromatic heterocycles. The Balaban J connectivity index is 1.70. The Bertz CT molecular complexity index is 450. The van der Waals surface area contributed by atoms with Crippen LogP contribution in [0.4, 0.5) is 10.1 Å². The molecule has 0 unspecified atom stereocenters. The van der Waals surface area contributed by atoms with Gasteiger partial charge in [0.2, 0.25) is 0 Å². The topological polar surface area (TPSA) is 15.3 Å². The third-order valence-corrected chi connectivity index (χ3v) is 4.60. The molecule has 3 rings (SSSR count). The molecular weight excluding hydrogens is 251 g/mol. The quantitative estimate of drug-likeness (QED) is 0.849. The summed E-state index contributed by atoms with van der Waals surface area (Å²) in [5.41, 5.74) is 1.84. The molecule has 0 atom stereocenters. The van der Waals surface area contributed by atoms with Crippen LogP contribution in [0.25, 0.3) is 0 Å². The normalized spacial score (nSPS) is 19.5. The molecule has 2 nitrogen and oxygen atoms in total. The van der Waals surface area contributed by atoms with Gasteiger partial charge in [-0.3, -0.25) is 0 Å². The summed E-state index contributed by atoms with van der Waals surface area (Å²) in [4.78, 5) is 2.25. The van der Waals surface area contributed by atoms with E-state index in [1.54, 1.807) is 6.07 Å². The number of nitrogens with zero attached hydrogens (tertiary/aromatic N) is 1. The van der Waals surface area contributed by atoms with Crippen molar-refractivity contribution in [3.8, 4) is 0 Å². The number of hydrogen-bond donors (Lipinski definition) is 1. The minimum atomic E-state index is -0.0613. The molecule has 2 fully saturated rings. The van der Waals surface area contributed by atoms with E-state index in [9.17, 15) is 4.39 Å². The zero-order valence-corrected chi connectivity index (χ0v) is 12.4. The van der Waals surface area contributed by atoms with Gasteiger partial charge >= 0.3 is 0 Å². The van der Waals surface area contributed by atoms with Crippen LogP contribution < -0.4 is 10.2 Å². The lowest BCUT2D eigenvalue weighted by molar-refractivity contribution is 0.575. The lowest BCUT2D eigenvalue weighted by Gasteiger charge is -2.30. The number of benzene rings is 1. The van der Waals surface area contributed by atoms with Crippen LogP contribution in [0.1, 0.15) is 51.0 Å². The SMILES string of the molecule is CCN(c1ccc(CNC2CC2)cc1F)C1CCCC1. The number of anilines is 1. The van der Waals surface area contributed by atoms with Gasteiger partial charge in [-0.1, -0.05) is 18.9 Å². The van der Waals surface area contributed by atoms with Crippen molar-refractivity contribution in [3.63, 3.8) is 0 Å². The first kappa shape index (κ1) is 13.9. The molecule has 20 heavy (non-hydrogen) atoms. The summed E-state index contributed by atoms with van der Waals surface area (Å²) in [5, 5.41) is 3.44. The standard InChI is InChI=1S/C17H25FN2/c1-2-20(15-5-3-4-6-15)17-10-7-13(11-16(17)18)12-19-14-8-9-14/h7,10-11,14-15,19H,2-6,8-9,12H2,1H3. The molecule has 0 bridgehead atoms. The highest BCUT2D eigenvalue weighted by Gasteiger charge is 2.24. The van der Waals surface area contributed by atoms with Crippen molar-refractivity contribution in [2.24, 2.45) is 0 Å². The first-order valence-electron chi connectivity index (χ1n) is 8.06. The lowest BCUT2D eigenvalue weighted by atomic mass is 10.1. The summed E-state index contributed by atoms with van der Waals surface area (Å²) in [6.45, 7) is 3.80. The highest BCUT2D eigenvalue weighted by atomic mass is 19.1. The summed E-state index contributed by atoms with van der Waals surface area (Å²) >= 11 is 0. The monoisotopic (exact) mass is 276 g/mol. The molecule has 0 spiro atoms. The van der Waals surface area contributed by atoms with Crippen LogP contribution in [0.15, 0.2) is 18.2 Å². The van der Waals surface area contributed by atoms with E-state index in [1.807, 2.05) is 6.07 Å². The summed E-state index contributed by atoms with van der Waals surface area (Å²) in [6, 6.07) is 6.96. The third-order valence-electron chi connectivity index (χ3n) is 4.60. The zero-order valence-electron chi connectivity index (χ0n) is 12.4. The molecule has 0 radical (unpaired) electrons. The number of rotatable bonds is 6. The number of hydrogen-bond acceptors (Lipinski definition) is 2. The molecule has 110 valence electrons. The fourth-order valence-electron chi connectivity index (χ4n) is 3.28. The molecule has 0 amide bonds. The Kier molecular flexibility index (Phi) is 4.25. The van der Waals surface area contributed by atoms with Gasteiger partial charge in [-0.2, -0.15) is 0 Å². The fourth-order valence-corrected chi connectivity index (χ4v) is 3.28. The fraction of sp³-hybridized carbons (Fsp3) is 0.647. The minimum absolute atomic E-state index is 0.0613. The van der Waals surface area contributed by atoms with Crippen molar-refractivity contribution in [2.45, 2.75) is 64.1 Å². The van der Waals surface area contributed by atoms with Gasteiger partial charge in [-0.05, 0) is 50.3 Å². The molecule has 1 aromatic rings. The first-order valence-corrected chi connectivity index (χ1v) is 8.06. The molecule has 2 aliphatic rings. The molecule has 2 aliphatic carbocycles. The highest BCUT2D eigenvalue weighted by Crippen LogP contribution is 2.30. The van der Waals surface area contributed by atoms with Gasteiger partial charge in [0.25, 0.3) is 0 Å². The van der Waals surface area contributed by atoms with Crippen molar-refractivity contribution in [2.75, 3.05) is 11.4 Å². The van der Waals surface area contributed by atoms with E-state index in [0.717, 1.165) is 24.3 Å². The average Bonchev–Trinajstić information content (AvgIpc) is 3.13. The van der Waals surface area contributed by atoms with E-state index in [-0.39, 0.29) is 5.82 Å². The largest absolute Gasteiger partial charge is 0.366 e. The van der Waals surface area contributed by atoms with Gasteiger partial charge < -0.3 is 10.2 Å². The zero-order chi connectivity index (χ0) is 13.9. The van der Waals surface area contributed by atoms with Gasteiger partial charge in [0, 0.05) is 25.2 Å². The Morgan fingerprint density at radius 2 is 1.95 bits per heavy atom. The van der Waals surface area contributed by atoms with Crippen molar-refractivity contribution in [1.82, 2.24) is 5.32 Å². The molecule has 2 saturated carbocycles. The average molecular weight is 276 g/mol. The predicted molar refractivity (Wildman–Crippen MR) is 81.5 cm³/mol. The van der Waals surface area contributed by atoms with Crippen LogP contribution in [0.2, 0.25) is 0 Å². The Hall–Kier alpha value is -1.09. The maximum atomic E-state index is 14.4. The van der Waals surface area contributed by atoms with Crippen LogP contribution in [-0.2, 0) is 6.54 Å². The second-order valence-corrected chi connectivity index (χ2v) is 6.17. The van der Waals surface area contributed by atoms with E-state index < -0.39 is 0 Å². The van der Waals surface area contributed by atoms with E-state index >= 15 is 0 Å². The predicted octanol–water partition coefficient (Wildman–Crippen LogP) is 3.85. The van der Waals surface area contributed by atoms with Gasteiger partial charge in [0.15, 0.2) is 0 Å². The van der Waals surface area contributed by atoms with Crippen LogP contribution in [-0.4, -0.2) is 18.6 Å². The smallest absolute Gasteiger partial charge is 0.146 e. The molecule has 0 aliphatic heterocycles. The van der Waals surface area contributed by atoms with Crippen molar-refractivity contribution in [3.05, 3.63) is 29.6 Å². The van der Waals surface area contributed by atoms with Gasteiger partial charge in [-0.25, -0.2) is 4.39 Å². The molecular formula is C17H25FN2. The van der Waals surface area contributed by atoms with Crippen molar-refractivity contribution < 1.29 is 4.39 Å². The Morgan fingerprint density at radius 1 is 1.20 bits per heavy atom. The van der Waals surface area contributed by atoms with Crippen molar-refractivity contribution >= 4 is 5.69 Å². The highest BCUT2D eigenvalue weighted by molar-refractivity contribution is 5.50. The van der Waals surface area contributed by atoms with E-state index in [1.165, 1.54) is 38.5 Å². The van der Waals surface area contributed by atoms with Crippen LogP contribution >= 0.6 is 0 Å². The molecule has 3 heteroatoms. The third kappa shape index (κ3) is 3.14. The summed E-state index contributed by atoms with van der Waals surface area (Å²) < 4.78 is 14.4. The Morgan fingerprint density at radius 3 is 2.55 bits per heavy atom. The van der Waals surface area contributed by atoms with Crippen LogP contribution in [0, 0.1) is 5.82 Å². The Labute approximate surface area is 121 Å². The minimum Gasteiger partial charge on any atom is -0.366 e. The number of nitrogens with one attached hydrogen (secondary N) is 1. The second-order valence-electron chi connectivity index (χ2n) is 6.17. The maximum absolute atomic E-state index is 14.4. The van der Waals surface area contributed by atoms with Crippen LogP contribution in [0.5, 0.6) is 0 Å². The maximum Gasteiger partial charge on any atom is 0.146 e. The number of halogens is 1. The summed E-state index contributed by atoms with van der Waals surface area (Å²) in [5.74, 6) is -0.0613. The van der Waals surface area contributed by atoms with Gasteiger partial charge in [0.05, 0.1) is 5.69 Å². The van der Waals surface area contributed by atoms with E-state index in [2.05, 4.69) is 23.2 Å². The molecule has 0 heterocycles. The summed E-state index contributed by atoms with van der Waals surface area (Å²) in [7, 11) is 0. The van der Waals surface area contributed by atoms with Gasteiger partial charge in [0.1, 0.15) is 5.82 Å². The van der Waals surface area contributed by atoms with Crippen LogP contribution in [0.3, 0.4) is 0 Å². The molecule has 1 N–H and O–H groups in total. The molecule has 1 aromatic carbocycles. The van der Waals surface area contributed by atoms with Crippen molar-refractivity contribution in [1.29, 1.82) is 0 Å². The summed E-state index contributed by atoms with van der Waals surface area (Å²) in [6.07, 6.45) is 7.52.